The summed E-state index contributed by atoms with van der Waals surface area (Å²) in [6, 6.07) is 0. The van der Waals surface area contributed by atoms with Gasteiger partial charge in [-0.1, -0.05) is 0 Å². The van der Waals surface area contributed by atoms with Gasteiger partial charge in [-0.15, -0.1) is 0 Å². The van der Waals surface area contributed by atoms with Gasteiger partial charge in [-0.25, -0.2) is 9.97 Å². The van der Waals surface area contributed by atoms with Crippen LogP contribution in [0.15, 0.2) is 6.20 Å². The summed E-state index contributed by atoms with van der Waals surface area (Å²) in [5.41, 5.74) is 2.38. The second kappa shape index (κ2) is 4.92. The third-order valence-electron chi connectivity index (χ3n) is 2.66. The maximum Gasteiger partial charge on any atom is 0.303 e. The first-order chi connectivity index (χ1) is 7.75. The predicted octanol–water partition coefficient (Wildman–Crippen LogP) is 1.24. The maximum atomic E-state index is 10.3. The number of nitrogens with one attached hydrogen (secondary N) is 1. The lowest BCUT2D eigenvalue weighted by atomic mass is 10.3. The Bertz CT molecular complexity index is 393. The number of hydrogen-bond acceptors (Lipinski definition) is 4. The van der Waals surface area contributed by atoms with Crippen LogP contribution in [0.3, 0.4) is 0 Å². The number of aryl methyl sites for hydroxylation is 2. The molecule has 0 saturated heterocycles. The van der Waals surface area contributed by atoms with E-state index in [0.29, 0.717) is 18.9 Å². The molecule has 1 aromatic heterocycles. The van der Waals surface area contributed by atoms with Crippen LogP contribution in [0.4, 0.5) is 5.95 Å². The molecule has 16 heavy (non-hydrogen) atoms. The van der Waals surface area contributed by atoms with Crippen molar-refractivity contribution in [3.05, 3.63) is 17.5 Å². The van der Waals surface area contributed by atoms with Gasteiger partial charge in [0.25, 0.3) is 0 Å². The van der Waals surface area contributed by atoms with Crippen LogP contribution < -0.4 is 5.32 Å². The molecule has 0 fully saturated rings. The van der Waals surface area contributed by atoms with Crippen LogP contribution in [-0.2, 0) is 17.6 Å². The summed E-state index contributed by atoms with van der Waals surface area (Å²) in [4.78, 5) is 18.9. The molecule has 0 atom stereocenters. The summed E-state index contributed by atoms with van der Waals surface area (Å²) in [5, 5.41) is 11.5. The largest absolute Gasteiger partial charge is 0.481 e. The summed E-state index contributed by atoms with van der Waals surface area (Å²) in [5.74, 6) is -0.150. The van der Waals surface area contributed by atoms with Gasteiger partial charge in [0.2, 0.25) is 5.95 Å². The summed E-state index contributed by atoms with van der Waals surface area (Å²) < 4.78 is 0. The average Bonchev–Trinajstić information content (AvgIpc) is 2.71. The number of rotatable bonds is 5. The highest BCUT2D eigenvalue weighted by Gasteiger charge is 2.12. The predicted molar refractivity (Wildman–Crippen MR) is 59.4 cm³/mol. The molecule has 1 aliphatic rings. The normalized spacial score (nSPS) is 13.5. The van der Waals surface area contributed by atoms with E-state index in [1.165, 1.54) is 5.56 Å². The number of fused-ring (bicyclic) bond motifs is 1. The van der Waals surface area contributed by atoms with Gasteiger partial charge in [0.05, 0.1) is 0 Å². The van der Waals surface area contributed by atoms with E-state index < -0.39 is 5.97 Å². The molecule has 0 aliphatic heterocycles. The first-order valence-electron chi connectivity index (χ1n) is 5.56. The van der Waals surface area contributed by atoms with Crippen molar-refractivity contribution in [2.75, 3.05) is 11.9 Å². The Hall–Kier alpha value is -1.65. The molecule has 0 unspecified atom stereocenters. The number of carboxylic acid groups (broad SMARTS) is 1. The number of aliphatic carboxylic acids is 1. The van der Waals surface area contributed by atoms with E-state index in [-0.39, 0.29) is 6.42 Å². The SMILES string of the molecule is O=C(O)CCCNc1ncc2c(n1)CCC2. The molecule has 0 bridgehead atoms. The summed E-state index contributed by atoms with van der Waals surface area (Å²) in [6.07, 6.45) is 5.91. The van der Waals surface area contributed by atoms with Gasteiger partial charge in [-0.2, -0.15) is 0 Å². The van der Waals surface area contributed by atoms with Crippen molar-refractivity contribution in [2.45, 2.75) is 32.1 Å². The number of anilines is 1. The molecule has 0 amide bonds. The molecular weight excluding hydrogens is 206 g/mol. The van der Waals surface area contributed by atoms with Crippen LogP contribution in [0, 0.1) is 0 Å². The molecule has 86 valence electrons. The Kier molecular flexibility index (Phi) is 3.34. The molecule has 0 saturated carbocycles. The zero-order valence-electron chi connectivity index (χ0n) is 9.07. The minimum absolute atomic E-state index is 0.179. The number of nitrogens with zero attached hydrogens (tertiary/aromatic N) is 2. The van der Waals surface area contributed by atoms with E-state index in [4.69, 9.17) is 5.11 Å². The van der Waals surface area contributed by atoms with Crippen molar-refractivity contribution in [2.24, 2.45) is 0 Å². The van der Waals surface area contributed by atoms with Crippen molar-refractivity contribution >= 4 is 11.9 Å². The smallest absolute Gasteiger partial charge is 0.303 e. The number of hydrogen-bond donors (Lipinski definition) is 2. The fourth-order valence-corrected chi connectivity index (χ4v) is 1.84. The number of aromatic nitrogens is 2. The van der Waals surface area contributed by atoms with Crippen LogP contribution in [0.1, 0.15) is 30.5 Å². The Morgan fingerprint density at radius 3 is 3.19 bits per heavy atom. The van der Waals surface area contributed by atoms with Crippen LogP contribution in [0.25, 0.3) is 0 Å². The minimum atomic E-state index is -0.767. The summed E-state index contributed by atoms with van der Waals surface area (Å²) >= 11 is 0. The lowest BCUT2D eigenvalue weighted by Crippen LogP contribution is -2.08. The van der Waals surface area contributed by atoms with Gasteiger partial charge in [-0.05, 0) is 31.2 Å². The molecule has 0 spiro atoms. The lowest BCUT2D eigenvalue weighted by molar-refractivity contribution is -0.137. The van der Waals surface area contributed by atoms with Crippen LogP contribution in [0.5, 0.6) is 0 Å². The minimum Gasteiger partial charge on any atom is -0.481 e. The Labute approximate surface area is 93.9 Å². The van der Waals surface area contributed by atoms with Crippen molar-refractivity contribution < 1.29 is 9.90 Å². The number of carboxylic acids is 1. The Morgan fingerprint density at radius 2 is 2.38 bits per heavy atom. The Morgan fingerprint density at radius 1 is 1.50 bits per heavy atom. The summed E-state index contributed by atoms with van der Waals surface area (Å²) in [6.45, 7) is 0.602. The molecular formula is C11H15N3O2. The molecule has 2 rings (SSSR count). The molecule has 0 aromatic carbocycles. The van der Waals surface area contributed by atoms with Crippen molar-refractivity contribution in [3.63, 3.8) is 0 Å². The standard InChI is InChI=1S/C11H15N3O2/c15-10(16)5-2-6-12-11-13-7-8-3-1-4-9(8)14-11/h7H,1-6H2,(H,15,16)(H,12,13,14). The van der Waals surface area contributed by atoms with Gasteiger partial charge in [0.15, 0.2) is 0 Å². The van der Waals surface area contributed by atoms with Gasteiger partial charge in [0, 0.05) is 24.9 Å². The van der Waals surface area contributed by atoms with Crippen LogP contribution in [0.2, 0.25) is 0 Å². The third-order valence-corrected chi connectivity index (χ3v) is 2.66. The highest BCUT2D eigenvalue weighted by Crippen LogP contribution is 2.19. The average molecular weight is 221 g/mol. The van der Waals surface area contributed by atoms with Crippen LogP contribution >= 0.6 is 0 Å². The van der Waals surface area contributed by atoms with Crippen molar-refractivity contribution in [1.82, 2.24) is 9.97 Å². The Balaban J connectivity index is 1.83. The lowest BCUT2D eigenvalue weighted by Gasteiger charge is -2.05. The van der Waals surface area contributed by atoms with Crippen molar-refractivity contribution in [3.8, 4) is 0 Å². The molecule has 0 radical (unpaired) electrons. The molecule has 5 heteroatoms. The van der Waals surface area contributed by atoms with Gasteiger partial charge in [0.1, 0.15) is 0 Å². The monoisotopic (exact) mass is 221 g/mol. The molecule has 2 N–H and O–H groups in total. The molecule has 1 aromatic rings. The zero-order chi connectivity index (χ0) is 11.4. The quantitative estimate of drug-likeness (QED) is 0.732. The third kappa shape index (κ3) is 2.68. The maximum absolute atomic E-state index is 10.3. The molecule has 1 aliphatic carbocycles. The highest BCUT2D eigenvalue weighted by molar-refractivity contribution is 5.66. The molecule has 1 heterocycles. The zero-order valence-corrected chi connectivity index (χ0v) is 9.07. The first-order valence-corrected chi connectivity index (χ1v) is 5.56. The first kappa shape index (κ1) is 10.9. The van der Waals surface area contributed by atoms with Crippen LogP contribution in [-0.4, -0.2) is 27.6 Å². The van der Waals surface area contributed by atoms with Crippen molar-refractivity contribution in [1.29, 1.82) is 0 Å². The number of carbonyl (C=O) groups is 1. The van der Waals surface area contributed by atoms with E-state index in [2.05, 4.69) is 15.3 Å². The van der Waals surface area contributed by atoms with E-state index in [0.717, 1.165) is 25.0 Å². The van der Waals surface area contributed by atoms with E-state index in [1.54, 1.807) is 0 Å². The fourth-order valence-electron chi connectivity index (χ4n) is 1.84. The second-order valence-electron chi connectivity index (χ2n) is 3.94. The topological polar surface area (TPSA) is 75.1 Å². The van der Waals surface area contributed by atoms with Gasteiger partial charge >= 0.3 is 5.97 Å². The van der Waals surface area contributed by atoms with Gasteiger partial charge in [-0.3, -0.25) is 4.79 Å². The van der Waals surface area contributed by atoms with E-state index in [1.807, 2.05) is 6.20 Å². The highest BCUT2D eigenvalue weighted by atomic mass is 16.4. The van der Waals surface area contributed by atoms with Gasteiger partial charge < -0.3 is 10.4 Å². The fraction of sp³-hybridized carbons (Fsp3) is 0.545. The van der Waals surface area contributed by atoms with E-state index >= 15 is 0 Å². The molecule has 5 nitrogen and oxygen atoms in total. The van der Waals surface area contributed by atoms with E-state index in [9.17, 15) is 4.79 Å². The second-order valence-corrected chi connectivity index (χ2v) is 3.94. The summed E-state index contributed by atoms with van der Waals surface area (Å²) in [7, 11) is 0.